The highest BCUT2D eigenvalue weighted by Gasteiger charge is 2.38. The summed E-state index contributed by atoms with van der Waals surface area (Å²) in [6.07, 6.45) is 2.16. The number of hydrogen-bond acceptors (Lipinski definition) is 4. The number of sulfonamides is 1. The lowest BCUT2D eigenvalue weighted by Gasteiger charge is -2.33. The van der Waals surface area contributed by atoms with Gasteiger partial charge in [-0.25, -0.2) is 8.42 Å². The highest BCUT2D eigenvalue weighted by Crippen LogP contribution is 2.39. The molecule has 2 amide bonds. The quantitative estimate of drug-likeness (QED) is 0.591. The second-order valence-corrected chi connectivity index (χ2v) is 11.7. The molecule has 1 fully saturated rings. The molecule has 1 N–H and O–H groups in total. The second-order valence-electron chi connectivity index (χ2n) is 8.90. The molecule has 4 rings (SSSR count). The van der Waals surface area contributed by atoms with Crippen LogP contribution < -0.4 is 10.2 Å². The predicted octanol–water partition coefficient (Wildman–Crippen LogP) is 4.03. The normalized spacial score (nSPS) is 19.5. The number of amides is 2. The van der Waals surface area contributed by atoms with E-state index in [9.17, 15) is 18.0 Å². The lowest BCUT2D eigenvalue weighted by molar-refractivity contribution is -0.126. The molecular formula is C25H30BrN3O4S. The van der Waals surface area contributed by atoms with Gasteiger partial charge < -0.3 is 10.2 Å². The standard InChI is InChI=1S/C25H30BrN3O4S/c1-3-23(30)29-13-11-19-14-21(26)15-22(24(19)29)34(32,33)28-12-7-10-20(16-28)25(31)27-17(2)18-8-5-4-6-9-18/h4-6,8-9,14-15,17,20H,3,7,10-13,16H2,1-2H3,(H,27,31)/t17-,20+/m0/s1. The van der Waals surface area contributed by atoms with Crippen molar-refractivity contribution in [1.29, 1.82) is 0 Å². The molecule has 2 aromatic rings. The average molecular weight is 549 g/mol. The number of anilines is 1. The monoisotopic (exact) mass is 547 g/mol. The van der Waals surface area contributed by atoms with E-state index in [2.05, 4.69) is 21.2 Å². The maximum atomic E-state index is 13.8. The molecule has 0 aliphatic carbocycles. The summed E-state index contributed by atoms with van der Waals surface area (Å²) in [4.78, 5) is 27.3. The van der Waals surface area contributed by atoms with E-state index in [-0.39, 0.29) is 29.3 Å². The molecule has 34 heavy (non-hydrogen) atoms. The van der Waals surface area contributed by atoms with Crippen LogP contribution in [0.3, 0.4) is 0 Å². The van der Waals surface area contributed by atoms with Crippen LogP contribution in [0.5, 0.6) is 0 Å². The van der Waals surface area contributed by atoms with Crippen LogP contribution >= 0.6 is 15.9 Å². The molecule has 2 atom stereocenters. The minimum absolute atomic E-state index is 0.0941. The number of nitrogens with one attached hydrogen (secondary N) is 1. The largest absolute Gasteiger partial charge is 0.349 e. The van der Waals surface area contributed by atoms with Crippen molar-refractivity contribution in [3.05, 3.63) is 58.1 Å². The zero-order valence-corrected chi connectivity index (χ0v) is 21.9. The fourth-order valence-electron chi connectivity index (χ4n) is 4.78. The van der Waals surface area contributed by atoms with Gasteiger partial charge in [-0.3, -0.25) is 9.59 Å². The minimum Gasteiger partial charge on any atom is -0.349 e. The Labute approximate surface area is 209 Å². The summed E-state index contributed by atoms with van der Waals surface area (Å²) in [6.45, 7) is 4.65. The van der Waals surface area contributed by atoms with Crippen molar-refractivity contribution in [1.82, 2.24) is 9.62 Å². The van der Waals surface area contributed by atoms with Crippen LogP contribution in [0.25, 0.3) is 0 Å². The third kappa shape index (κ3) is 4.92. The van der Waals surface area contributed by atoms with Crippen LogP contribution in [0.15, 0.2) is 51.8 Å². The van der Waals surface area contributed by atoms with Crippen LogP contribution in [-0.4, -0.2) is 44.2 Å². The SMILES string of the molecule is CCC(=O)N1CCc2cc(Br)cc(S(=O)(=O)N3CCC[C@@H](C(=O)N[C@@H](C)c4ccccc4)C3)c21. The zero-order valence-electron chi connectivity index (χ0n) is 19.5. The molecule has 0 spiro atoms. The van der Waals surface area contributed by atoms with Crippen LogP contribution in [0, 0.1) is 5.92 Å². The van der Waals surface area contributed by atoms with Crippen molar-refractivity contribution in [3.8, 4) is 0 Å². The molecule has 0 radical (unpaired) electrons. The number of benzene rings is 2. The molecule has 2 aromatic carbocycles. The summed E-state index contributed by atoms with van der Waals surface area (Å²) in [7, 11) is -3.90. The highest BCUT2D eigenvalue weighted by molar-refractivity contribution is 9.10. The van der Waals surface area contributed by atoms with Gasteiger partial charge in [-0.05, 0) is 49.4 Å². The van der Waals surface area contributed by atoms with Crippen molar-refractivity contribution in [2.45, 2.75) is 50.5 Å². The van der Waals surface area contributed by atoms with Crippen molar-refractivity contribution in [2.24, 2.45) is 5.92 Å². The van der Waals surface area contributed by atoms with Gasteiger partial charge >= 0.3 is 0 Å². The first-order valence-electron chi connectivity index (χ1n) is 11.7. The molecule has 182 valence electrons. The smallest absolute Gasteiger partial charge is 0.245 e. The fraction of sp³-hybridized carbons (Fsp3) is 0.440. The Bertz CT molecular complexity index is 1190. The lowest BCUT2D eigenvalue weighted by Crippen LogP contribution is -2.46. The number of fused-ring (bicyclic) bond motifs is 1. The fourth-order valence-corrected chi connectivity index (χ4v) is 7.22. The summed E-state index contributed by atoms with van der Waals surface area (Å²) in [6, 6.07) is 13.0. The van der Waals surface area contributed by atoms with E-state index in [1.54, 1.807) is 17.9 Å². The maximum Gasteiger partial charge on any atom is 0.245 e. The van der Waals surface area contributed by atoms with E-state index in [1.807, 2.05) is 43.3 Å². The van der Waals surface area contributed by atoms with E-state index in [0.29, 0.717) is 48.9 Å². The Hall–Kier alpha value is -2.23. The van der Waals surface area contributed by atoms with Crippen LogP contribution in [-0.2, 0) is 26.0 Å². The lowest BCUT2D eigenvalue weighted by atomic mass is 9.98. The van der Waals surface area contributed by atoms with Crippen LogP contribution in [0.2, 0.25) is 0 Å². The summed E-state index contributed by atoms with van der Waals surface area (Å²) < 4.78 is 29.7. The summed E-state index contributed by atoms with van der Waals surface area (Å²) >= 11 is 3.44. The molecule has 0 saturated carbocycles. The molecule has 9 heteroatoms. The van der Waals surface area contributed by atoms with Gasteiger partial charge in [-0.15, -0.1) is 0 Å². The Kier molecular flexibility index (Phi) is 7.45. The Morgan fingerprint density at radius 3 is 2.62 bits per heavy atom. The van der Waals surface area contributed by atoms with Crippen molar-refractivity contribution in [3.63, 3.8) is 0 Å². The number of piperidine rings is 1. The molecule has 2 aliphatic heterocycles. The average Bonchev–Trinajstić information content (AvgIpc) is 3.27. The van der Waals surface area contributed by atoms with Gasteiger partial charge in [0, 0.05) is 30.5 Å². The summed E-state index contributed by atoms with van der Waals surface area (Å²) in [5.41, 5.74) is 2.33. The molecule has 0 bridgehead atoms. The summed E-state index contributed by atoms with van der Waals surface area (Å²) in [5.74, 6) is -0.662. The molecule has 1 saturated heterocycles. The first-order valence-corrected chi connectivity index (χ1v) is 13.9. The number of nitrogens with zero attached hydrogens (tertiary/aromatic N) is 2. The van der Waals surface area contributed by atoms with Gasteiger partial charge in [0.15, 0.2) is 0 Å². The van der Waals surface area contributed by atoms with Gasteiger partial charge in [0.25, 0.3) is 0 Å². The molecule has 2 aliphatic rings. The van der Waals surface area contributed by atoms with Crippen LogP contribution in [0.4, 0.5) is 5.69 Å². The predicted molar refractivity (Wildman–Crippen MR) is 135 cm³/mol. The van der Waals surface area contributed by atoms with Gasteiger partial charge in [0.05, 0.1) is 17.6 Å². The van der Waals surface area contributed by atoms with Gasteiger partial charge in [0.1, 0.15) is 4.90 Å². The number of carbonyl (C=O) groups is 2. The van der Waals surface area contributed by atoms with Gasteiger partial charge in [-0.2, -0.15) is 4.31 Å². The second kappa shape index (κ2) is 10.2. The van der Waals surface area contributed by atoms with Crippen molar-refractivity contribution < 1.29 is 18.0 Å². The molecule has 7 nitrogen and oxygen atoms in total. The third-order valence-electron chi connectivity index (χ3n) is 6.63. The Morgan fingerprint density at radius 2 is 1.91 bits per heavy atom. The van der Waals surface area contributed by atoms with Gasteiger partial charge in [0.2, 0.25) is 21.8 Å². The number of halogens is 1. The molecule has 2 heterocycles. The van der Waals surface area contributed by atoms with Crippen molar-refractivity contribution >= 4 is 43.5 Å². The van der Waals surface area contributed by atoms with E-state index in [0.717, 1.165) is 11.1 Å². The van der Waals surface area contributed by atoms with E-state index in [1.165, 1.54) is 4.31 Å². The number of carbonyl (C=O) groups excluding carboxylic acids is 2. The van der Waals surface area contributed by atoms with Gasteiger partial charge in [-0.1, -0.05) is 53.2 Å². The van der Waals surface area contributed by atoms with E-state index >= 15 is 0 Å². The zero-order chi connectivity index (χ0) is 24.5. The molecule has 0 unspecified atom stereocenters. The first-order chi connectivity index (χ1) is 16.2. The summed E-state index contributed by atoms with van der Waals surface area (Å²) in [5, 5.41) is 3.04. The maximum absolute atomic E-state index is 13.8. The number of rotatable bonds is 6. The Morgan fingerprint density at radius 1 is 1.18 bits per heavy atom. The van der Waals surface area contributed by atoms with Crippen LogP contribution in [0.1, 0.15) is 50.3 Å². The first kappa shape index (κ1) is 24.9. The van der Waals surface area contributed by atoms with Crippen molar-refractivity contribution in [2.75, 3.05) is 24.5 Å². The molecular weight excluding hydrogens is 518 g/mol. The minimum atomic E-state index is -3.90. The van der Waals surface area contributed by atoms with E-state index in [4.69, 9.17) is 0 Å². The third-order valence-corrected chi connectivity index (χ3v) is 8.96. The number of hydrogen-bond donors (Lipinski definition) is 1. The highest BCUT2D eigenvalue weighted by atomic mass is 79.9. The van der Waals surface area contributed by atoms with E-state index < -0.39 is 15.9 Å². The topological polar surface area (TPSA) is 86.8 Å². The molecule has 0 aromatic heterocycles. The Balaban J connectivity index is 1.57.